The molecule has 6 nitrogen and oxygen atoms in total. The molecule has 0 saturated carbocycles. The molecule has 1 aromatic carbocycles. The summed E-state index contributed by atoms with van der Waals surface area (Å²) in [7, 11) is 0. The molecule has 28 heavy (non-hydrogen) atoms. The van der Waals surface area contributed by atoms with Crippen molar-refractivity contribution in [1.82, 2.24) is 9.97 Å². The van der Waals surface area contributed by atoms with Gasteiger partial charge in [0.25, 0.3) is 5.56 Å². The molecular formula is C18H15F4N5O. The minimum atomic E-state index is -4.45. The summed E-state index contributed by atoms with van der Waals surface area (Å²) in [6.45, 7) is 1.43. The van der Waals surface area contributed by atoms with Crippen molar-refractivity contribution in [2.75, 3.05) is 11.5 Å². The number of nitrogen functional groups attached to an aromatic ring is 2. The SMILES string of the molecule is Cc1c(CC(F)(F)F)cnc2c(-c3ccc(F)c(N)c3C=N)c(N)c(=O)[nH]c12. The largest absolute Gasteiger partial charge is 0.396 e. The summed E-state index contributed by atoms with van der Waals surface area (Å²) in [5.74, 6) is -0.758. The highest BCUT2D eigenvalue weighted by Crippen LogP contribution is 2.36. The summed E-state index contributed by atoms with van der Waals surface area (Å²) >= 11 is 0. The van der Waals surface area contributed by atoms with Crippen LogP contribution < -0.4 is 17.0 Å². The Morgan fingerprint density at radius 3 is 2.54 bits per heavy atom. The predicted molar refractivity (Wildman–Crippen MR) is 99.0 cm³/mol. The third kappa shape index (κ3) is 3.17. The van der Waals surface area contributed by atoms with Crippen LogP contribution in [0.3, 0.4) is 0 Å². The molecule has 0 aliphatic rings. The smallest absolute Gasteiger partial charge is 0.393 e. The van der Waals surface area contributed by atoms with Crippen molar-refractivity contribution in [3.8, 4) is 11.1 Å². The number of alkyl halides is 3. The fourth-order valence-electron chi connectivity index (χ4n) is 3.06. The molecule has 0 saturated heterocycles. The van der Waals surface area contributed by atoms with Crippen LogP contribution in [0.15, 0.2) is 23.1 Å². The number of benzene rings is 1. The van der Waals surface area contributed by atoms with Crippen molar-refractivity contribution in [3.05, 3.63) is 51.2 Å². The number of anilines is 2. The number of nitrogens with zero attached hydrogens (tertiary/aromatic N) is 1. The number of nitrogens with two attached hydrogens (primary N) is 2. The van der Waals surface area contributed by atoms with Crippen LogP contribution in [0.1, 0.15) is 16.7 Å². The quantitative estimate of drug-likeness (QED) is 0.310. The van der Waals surface area contributed by atoms with E-state index in [1.165, 1.54) is 13.0 Å². The lowest BCUT2D eigenvalue weighted by Crippen LogP contribution is -2.17. The number of aromatic nitrogens is 2. The summed E-state index contributed by atoms with van der Waals surface area (Å²) in [6.07, 6.45) is -3.79. The average molecular weight is 393 g/mol. The zero-order valence-corrected chi connectivity index (χ0v) is 14.5. The number of hydrogen-bond donors (Lipinski definition) is 4. The Kier molecular flexibility index (Phi) is 4.58. The van der Waals surface area contributed by atoms with E-state index in [-0.39, 0.29) is 50.2 Å². The first-order valence-corrected chi connectivity index (χ1v) is 8.00. The Morgan fingerprint density at radius 1 is 1.25 bits per heavy atom. The van der Waals surface area contributed by atoms with Gasteiger partial charge in [0, 0.05) is 23.5 Å². The third-order valence-electron chi connectivity index (χ3n) is 4.47. The van der Waals surface area contributed by atoms with Gasteiger partial charge in [0.15, 0.2) is 0 Å². The molecule has 0 bridgehead atoms. The van der Waals surface area contributed by atoms with Gasteiger partial charge >= 0.3 is 6.18 Å². The van der Waals surface area contributed by atoms with Crippen molar-refractivity contribution >= 4 is 28.6 Å². The summed E-state index contributed by atoms with van der Waals surface area (Å²) < 4.78 is 52.2. The Labute approximate surface area is 155 Å². The van der Waals surface area contributed by atoms with Crippen molar-refractivity contribution in [2.24, 2.45) is 0 Å². The van der Waals surface area contributed by atoms with E-state index in [9.17, 15) is 22.4 Å². The normalized spacial score (nSPS) is 11.8. The molecule has 0 aliphatic carbocycles. The maximum absolute atomic E-state index is 13.8. The van der Waals surface area contributed by atoms with Crippen molar-refractivity contribution in [2.45, 2.75) is 19.5 Å². The van der Waals surface area contributed by atoms with Gasteiger partial charge in [-0.05, 0) is 29.7 Å². The molecule has 146 valence electrons. The standard InChI is InChI=1S/C18H15F4N5O/c1-7-8(4-18(20,21)22)6-26-16-12(14(25)17(28)27-15(7)16)9-2-3-11(19)13(24)10(9)5-23/h2-3,5-6,23H,4,24-25H2,1H3,(H,27,28). The van der Waals surface area contributed by atoms with Gasteiger partial charge in [-0.25, -0.2) is 4.39 Å². The number of pyridine rings is 2. The van der Waals surface area contributed by atoms with E-state index >= 15 is 0 Å². The zero-order valence-electron chi connectivity index (χ0n) is 14.5. The number of fused-ring (bicyclic) bond motifs is 1. The van der Waals surface area contributed by atoms with Gasteiger partial charge in [0.2, 0.25) is 0 Å². The Morgan fingerprint density at radius 2 is 1.93 bits per heavy atom. The van der Waals surface area contributed by atoms with Crippen LogP contribution in [0, 0.1) is 18.2 Å². The molecule has 3 aromatic rings. The van der Waals surface area contributed by atoms with Gasteiger partial charge in [-0.15, -0.1) is 0 Å². The maximum Gasteiger partial charge on any atom is 0.393 e. The molecule has 0 fully saturated rings. The van der Waals surface area contributed by atoms with Crippen LogP contribution >= 0.6 is 0 Å². The highest BCUT2D eigenvalue weighted by atomic mass is 19.4. The second kappa shape index (κ2) is 6.63. The monoisotopic (exact) mass is 393 g/mol. The van der Waals surface area contributed by atoms with E-state index in [0.717, 1.165) is 18.5 Å². The maximum atomic E-state index is 13.8. The van der Waals surface area contributed by atoms with Crippen LogP contribution in [0.25, 0.3) is 22.2 Å². The number of halogens is 4. The van der Waals surface area contributed by atoms with Crippen LogP contribution in [-0.2, 0) is 6.42 Å². The fourth-order valence-corrected chi connectivity index (χ4v) is 3.06. The summed E-state index contributed by atoms with van der Waals surface area (Å²) in [5, 5.41) is 7.53. The molecule has 3 rings (SSSR count). The number of hydrogen-bond acceptors (Lipinski definition) is 5. The van der Waals surface area contributed by atoms with Gasteiger partial charge in [-0.1, -0.05) is 6.07 Å². The third-order valence-corrected chi connectivity index (χ3v) is 4.47. The Hall–Kier alpha value is -3.43. The van der Waals surface area contributed by atoms with Gasteiger partial charge in [-0.3, -0.25) is 9.78 Å². The van der Waals surface area contributed by atoms with Gasteiger partial charge in [0.05, 0.1) is 23.1 Å². The molecule has 0 atom stereocenters. The van der Waals surface area contributed by atoms with E-state index in [0.29, 0.717) is 0 Å². The topological polar surface area (TPSA) is 122 Å². The number of H-pyrrole nitrogens is 1. The molecule has 0 aliphatic heterocycles. The van der Waals surface area contributed by atoms with Crippen LogP contribution in [-0.4, -0.2) is 22.4 Å². The predicted octanol–water partition coefficient (Wildman–Crippen LogP) is 3.30. The summed E-state index contributed by atoms with van der Waals surface area (Å²) in [5.41, 5.74) is 10.8. The molecular weight excluding hydrogens is 378 g/mol. The van der Waals surface area contributed by atoms with E-state index < -0.39 is 24.0 Å². The number of nitrogens with one attached hydrogen (secondary N) is 2. The van der Waals surface area contributed by atoms with Gasteiger partial charge in [-0.2, -0.15) is 13.2 Å². The van der Waals surface area contributed by atoms with Crippen LogP contribution in [0.5, 0.6) is 0 Å². The zero-order chi connectivity index (χ0) is 20.8. The van der Waals surface area contributed by atoms with Crippen molar-refractivity contribution in [1.29, 1.82) is 5.41 Å². The molecule has 2 aromatic heterocycles. The fraction of sp³-hybridized carbons (Fsp3) is 0.167. The number of aryl methyl sites for hydroxylation is 1. The van der Waals surface area contributed by atoms with E-state index in [1.54, 1.807) is 0 Å². The molecule has 6 N–H and O–H groups in total. The minimum absolute atomic E-state index is 0.0163. The molecule has 0 radical (unpaired) electrons. The van der Waals surface area contributed by atoms with E-state index in [1.807, 2.05) is 0 Å². The highest BCUT2D eigenvalue weighted by molar-refractivity contribution is 6.05. The van der Waals surface area contributed by atoms with Crippen LogP contribution in [0.4, 0.5) is 28.9 Å². The summed E-state index contributed by atoms with van der Waals surface area (Å²) in [6, 6.07) is 2.34. The van der Waals surface area contributed by atoms with Gasteiger partial charge in [0.1, 0.15) is 11.5 Å². The minimum Gasteiger partial charge on any atom is -0.396 e. The van der Waals surface area contributed by atoms with Crippen molar-refractivity contribution in [3.63, 3.8) is 0 Å². The lowest BCUT2D eigenvalue weighted by Gasteiger charge is -2.16. The number of rotatable bonds is 3. The van der Waals surface area contributed by atoms with Crippen molar-refractivity contribution < 1.29 is 17.6 Å². The average Bonchev–Trinajstić information content (AvgIpc) is 2.61. The second-order valence-corrected chi connectivity index (χ2v) is 6.23. The van der Waals surface area contributed by atoms with E-state index in [2.05, 4.69) is 9.97 Å². The number of aromatic amines is 1. The van der Waals surface area contributed by atoms with Crippen LogP contribution in [0.2, 0.25) is 0 Å². The lowest BCUT2D eigenvalue weighted by molar-refractivity contribution is -0.127. The molecule has 10 heteroatoms. The molecule has 0 spiro atoms. The lowest BCUT2D eigenvalue weighted by atomic mass is 9.95. The molecule has 0 amide bonds. The second-order valence-electron chi connectivity index (χ2n) is 6.23. The Bertz CT molecular complexity index is 1170. The van der Waals surface area contributed by atoms with Gasteiger partial charge < -0.3 is 21.9 Å². The highest BCUT2D eigenvalue weighted by Gasteiger charge is 2.29. The first-order valence-electron chi connectivity index (χ1n) is 8.00. The summed E-state index contributed by atoms with van der Waals surface area (Å²) in [4.78, 5) is 18.9. The van der Waals surface area contributed by atoms with E-state index in [4.69, 9.17) is 16.9 Å². The molecule has 0 unspecified atom stereocenters. The molecule has 2 heterocycles. The first kappa shape index (κ1) is 19.3. The Balaban J connectivity index is 2.41. The first-order chi connectivity index (χ1) is 13.0.